The van der Waals surface area contributed by atoms with Crippen molar-refractivity contribution in [2.45, 2.75) is 12.5 Å². The van der Waals surface area contributed by atoms with E-state index in [1.165, 1.54) is 23.5 Å². The molecular formula is C11H12FNOS. The Morgan fingerprint density at radius 1 is 1.40 bits per heavy atom. The Morgan fingerprint density at radius 3 is 2.93 bits per heavy atom. The van der Waals surface area contributed by atoms with Gasteiger partial charge in [0.25, 0.3) is 0 Å². The Bertz CT molecular complexity index is 469. The van der Waals surface area contributed by atoms with Gasteiger partial charge in [0.15, 0.2) is 0 Å². The van der Waals surface area contributed by atoms with E-state index in [4.69, 9.17) is 5.73 Å². The first-order valence-electron chi connectivity index (χ1n) is 4.78. The highest BCUT2D eigenvalue weighted by Gasteiger charge is 2.10. The van der Waals surface area contributed by atoms with Crippen molar-refractivity contribution in [3.8, 4) is 0 Å². The van der Waals surface area contributed by atoms with Crippen LogP contribution in [0.2, 0.25) is 0 Å². The maximum Gasteiger partial charge on any atom is 0.124 e. The van der Waals surface area contributed by atoms with Crippen LogP contribution in [0.25, 0.3) is 10.1 Å². The first-order chi connectivity index (χ1) is 7.20. The molecule has 2 nitrogen and oxygen atoms in total. The van der Waals surface area contributed by atoms with E-state index < -0.39 is 6.10 Å². The fourth-order valence-electron chi connectivity index (χ4n) is 1.49. The lowest BCUT2D eigenvalue weighted by Gasteiger charge is -2.04. The summed E-state index contributed by atoms with van der Waals surface area (Å²) in [6.45, 7) is 0.448. The molecule has 3 N–H and O–H groups in total. The monoisotopic (exact) mass is 225 g/mol. The molecule has 0 radical (unpaired) electrons. The zero-order chi connectivity index (χ0) is 10.8. The largest absolute Gasteiger partial charge is 0.388 e. The summed E-state index contributed by atoms with van der Waals surface area (Å²) >= 11 is 1.41. The number of benzene rings is 1. The fourth-order valence-corrected chi connectivity index (χ4v) is 2.60. The highest BCUT2D eigenvalue weighted by molar-refractivity contribution is 7.19. The highest BCUT2D eigenvalue weighted by atomic mass is 32.1. The van der Waals surface area contributed by atoms with Gasteiger partial charge in [-0.15, -0.1) is 11.3 Å². The van der Waals surface area contributed by atoms with Crippen LogP contribution in [0.5, 0.6) is 0 Å². The zero-order valence-corrected chi connectivity index (χ0v) is 8.93. The SMILES string of the molecule is NCCC(O)c1cc2ccc(F)cc2s1. The minimum atomic E-state index is -0.532. The molecule has 1 unspecified atom stereocenters. The molecule has 1 atom stereocenters. The third-order valence-electron chi connectivity index (χ3n) is 2.27. The lowest BCUT2D eigenvalue weighted by Crippen LogP contribution is -2.05. The van der Waals surface area contributed by atoms with Crippen LogP contribution in [0.4, 0.5) is 4.39 Å². The first-order valence-corrected chi connectivity index (χ1v) is 5.59. The van der Waals surface area contributed by atoms with Gasteiger partial charge in [0.1, 0.15) is 5.82 Å². The third-order valence-corrected chi connectivity index (χ3v) is 3.47. The molecular weight excluding hydrogens is 213 g/mol. The van der Waals surface area contributed by atoms with Crippen LogP contribution in [0.3, 0.4) is 0 Å². The van der Waals surface area contributed by atoms with Gasteiger partial charge in [0.05, 0.1) is 6.10 Å². The van der Waals surface area contributed by atoms with Gasteiger partial charge in [0.2, 0.25) is 0 Å². The number of nitrogens with two attached hydrogens (primary N) is 1. The van der Waals surface area contributed by atoms with E-state index in [1.54, 1.807) is 6.07 Å². The van der Waals surface area contributed by atoms with Gasteiger partial charge in [-0.2, -0.15) is 0 Å². The lowest BCUT2D eigenvalue weighted by molar-refractivity contribution is 0.174. The maximum atomic E-state index is 12.9. The number of rotatable bonds is 3. The number of thiophene rings is 1. The van der Waals surface area contributed by atoms with E-state index in [0.29, 0.717) is 13.0 Å². The van der Waals surface area contributed by atoms with Gasteiger partial charge in [-0.3, -0.25) is 0 Å². The Hall–Kier alpha value is -0.970. The summed E-state index contributed by atoms with van der Waals surface area (Å²) < 4.78 is 13.8. The van der Waals surface area contributed by atoms with E-state index in [0.717, 1.165) is 15.0 Å². The molecule has 0 saturated heterocycles. The van der Waals surface area contributed by atoms with Crippen molar-refractivity contribution in [3.05, 3.63) is 35.0 Å². The summed E-state index contributed by atoms with van der Waals surface area (Å²) in [7, 11) is 0. The molecule has 1 aromatic heterocycles. The number of aliphatic hydroxyl groups excluding tert-OH is 1. The summed E-state index contributed by atoms with van der Waals surface area (Å²) in [6.07, 6.45) is 0.00503. The molecule has 0 saturated carbocycles. The van der Waals surface area contributed by atoms with E-state index in [2.05, 4.69) is 0 Å². The first kappa shape index (κ1) is 10.5. The minimum absolute atomic E-state index is 0.246. The molecule has 0 spiro atoms. The summed E-state index contributed by atoms with van der Waals surface area (Å²) in [5, 5.41) is 10.7. The van der Waals surface area contributed by atoms with Crippen LogP contribution < -0.4 is 5.73 Å². The summed E-state index contributed by atoms with van der Waals surface area (Å²) in [5.74, 6) is -0.246. The highest BCUT2D eigenvalue weighted by Crippen LogP contribution is 2.31. The molecule has 0 bridgehead atoms. The Morgan fingerprint density at radius 2 is 2.20 bits per heavy atom. The second-order valence-electron chi connectivity index (χ2n) is 3.42. The van der Waals surface area contributed by atoms with Crippen molar-refractivity contribution < 1.29 is 9.50 Å². The molecule has 2 rings (SSSR count). The smallest absolute Gasteiger partial charge is 0.124 e. The van der Waals surface area contributed by atoms with Gasteiger partial charge in [-0.25, -0.2) is 4.39 Å². The van der Waals surface area contributed by atoms with Crippen molar-refractivity contribution in [2.24, 2.45) is 5.73 Å². The molecule has 0 aliphatic carbocycles. The molecule has 1 heterocycles. The van der Waals surface area contributed by atoms with E-state index in [9.17, 15) is 9.50 Å². The van der Waals surface area contributed by atoms with Crippen LogP contribution in [-0.4, -0.2) is 11.7 Å². The van der Waals surface area contributed by atoms with Gasteiger partial charge >= 0.3 is 0 Å². The molecule has 0 fully saturated rings. The Kier molecular flexibility index (Phi) is 3.00. The van der Waals surface area contributed by atoms with E-state index >= 15 is 0 Å². The van der Waals surface area contributed by atoms with Crippen LogP contribution in [-0.2, 0) is 0 Å². The van der Waals surface area contributed by atoms with Crippen molar-refractivity contribution in [1.82, 2.24) is 0 Å². The second-order valence-corrected chi connectivity index (χ2v) is 4.54. The number of fused-ring (bicyclic) bond motifs is 1. The zero-order valence-electron chi connectivity index (χ0n) is 8.11. The summed E-state index contributed by atoms with van der Waals surface area (Å²) in [6, 6.07) is 6.52. The lowest BCUT2D eigenvalue weighted by atomic mass is 10.2. The third kappa shape index (κ3) is 2.17. The van der Waals surface area contributed by atoms with Crippen molar-refractivity contribution in [2.75, 3.05) is 6.54 Å². The number of halogens is 1. The number of hydrogen-bond donors (Lipinski definition) is 2. The standard InChI is InChI=1S/C11H12FNOS/c12-8-2-1-7-5-11(9(14)3-4-13)15-10(7)6-8/h1-2,5-6,9,14H,3-4,13H2. The molecule has 15 heavy (non-hydrogen) atoms. The van der Waals surface area contributed by atoms with Gasteiger partial charge in [-0.05, 0) is 36.6 Å². The Labute approximate surface area is 91.1 Å². The average Bonchev–Trinajstić information content (AvgIpc) is 2.60. The molecule has 0 aliphatic rings. The average molecular weight is 225 g/mol. The number of aliphatic hydroxyl groups is 1. The molecule has 0 aliphatic heterocycles. The fraction of sp³-hybridized carbons (Fsp3) is 0.273. The maximum absolute atomic E-state index is 12.9. The van der Waals surface area contributed by atoms with E-state index in [1.807, 2.05) is 6.07 Å². The topological polar surface area (TPSA) is 46.2 Å². The molecule has 80 valence electrons. The van der Waals surface area contributed by atoms with Crippen LogP contribution >= 0.6 is 11.3 Å². The summed E-state index contributed by atoms with van der Waals surface area (Å²) in [5.41, 5.74) is 5.37. The van der Waals surface area contributed by atoms with Crippen molar-refractivity contribution >= 4 is 21.4 Å². The second kappa shape index (κ2) is 4.26. The summed E-state index contributed by atoms with van der Waals surface area (Å²) in [4.78, 5) is 0.848. The van der Waals surface area contributed by atoms with Crippen LogP contribution in [0.15, 0.2) is 24.3 Å². The van der Waals surface area contributed by atoms with Crippen molar-refractivity contribution in [3.63, 3.8) is 0 Å². The van der Waals surface area contributed by atoms with Crippen molar-refractivity contribution in [1.29, 1.82) is 0 Å². The molecule has 1 aromatic carbocycles. The van der Waals surface area contributed by atoms with Gasteiger partial charge < -0.3 is 10.8 Å². The van der Waals surface area contributed by atoms with E-state index in [-0.39, 0.29) is 5.82 Å². The predicted molar refractivity (Wildman–Crippen MR) is 60.4 cm³/mol. The predicted octanol–water partition coefficient (Wildman–Crippen LogP) is 2.42. The van der Waals surface area contributed by atoms with Gasteiger partial charge in [0, 0.05) is 9.58 Å². The normalized spacial score (nSPS) is 13.3. The van der Waals surface area contributed by atoms with Crippen LogP contribution in [0, 0.1) is 5.82 Å². The van der Waals surface area contributed by atoms with Gasteiger partial charge in [-0.1, -0.05) is 6.07 Å². The molecule has 0 amide bonds. The minimum Gasteiger partial charge on any atom is -0.388 e. The molecule has 4 heteroatoms. The number of hydrogen-bond acceptors (Lipinski definition) is 3. The molecule has 2 aromatic rings. The van der Waals surface area contributed by atoms with Crippen LogP contribution in [0.1, 0.15) is 17.4 Å². The quantitative estimate of drug-likeness (QED) is 0.842. The Balaban J connectivity index is 2.38.